The van der Waals surface area contributed by atoms with Crippen LogP contribution in [0.5, 0.6) is 11.5 Å². The average molecular weight is 336 g/mol. The van der Waals surface area contributed by atoms with E-state index in [0.717, 1.165) is 23.7 Å². The van der Waals surface area contributed by atoms with Gasteiger partial charge in [0, 0.05) is 19.2 Å². The lowest BCUT2D eigenvalue weighted by Crippen LogP contribution is -2.33. The highest BCUT2D eigenvalue weighted by molar-refractivity contribution is 5.94. The Kier molecular flexibility index (Phi) is 7.85. The molecule has 0 atom stereocenters. The third-order valence-electron chi connectivity index (χ3n) is 3.25. The Morgan fingerprint density at radius 2 is 1.88 bits per heavy atom. The number of benzene rings is 1. The van der Waals surface area contributed by atoms with Gasteiger partial charge in [-0.15, -0.1) is 0 Å². The summed E-state index contributed by atoms with van der Waals surface area (Å²) in [5, 5.41) is 3.13. The molecule has 1 aromatic rings. The van der Waals surface area contributed by atoms with E-state index in [1.54, 1.807) is 0 Å². The van der Waals surface area contributed by atoms with Crippen molar-refractivity contribution < 1.29 is 9.47 Å². The summed E-state index contributed by atoms with van der Waals surface area (Å²) in [6.45, 7) is 11.0. The third-order valence-corrected chi connectivity index (χ3v) is 3.25. The van der Waals surface area contributed by atoms with Gasteiger partial charge in [0.05, 0.1) is 18.9 Å². The molecule has 0 aromatic heterocycles. The van der Waals surface area contributed by atoms with E-state index in [4.69, 9.17) is 15.2 Å². The molecule has 1 aromatic carbocycles. The van der Waals surface area contributed by atoms with Crippen molar-refractivity contribution in [1.82, 2.24) is 4.90 Å². The molecule has 6 heteroatoms. The van der Waals surface area contributed by atoms with Gasteiger partial charge in [-0.3, -0.25) is 4.99 Å². The van der Waals surface area contributed by atoms with Crippen LogP contribution in [-0.2, 0) is 0 Å². The van der Waals surface area contributed by atoms with E-state index in [0.29, 0.717) is 25.7 Å². The topological polar surface area (TPSA) is 72.1 Å². The normalized spacial score (nSPS) is 12.4. The SMILES string of the molecule is CCOc1ccc(OCC)c(NC(N)=NCC(C)(C)CN(C)C)c1. The second-order valence-corrected chi connectivity index (χ2v) is 6.75. The van der Waals surface area contributed by atoms with Crippen LogP contribution in [0.15, 0.2) is 23.2 Å². The number of rotatable bonds is 9. The van der Waals surface area contributed by atoms with Crippen LogP contribution in [0, 0.1) is 5.41 Å². The first kappa shape index (κ1) is 20.1. The Balaban J connectivity index is 2.85. The van der Waals surface area contributed by atoms with E-state index in [9.17, 15) is 0 Å². The number of nitrogens with one attached hydrogen (secondary N) is 1. The highest BCUT2D eigenvalue weighted by atomic mass is 16.5. The maximum absolute atomic E-state index is 6.06. The van der Waals surface area contributed by atoms with Crippen molar-refractivity contribution in [1.29, 1.82) is 0 Å². The summed E-state index contributed by atoms with van der Waals surface area (Å²) in [6, 6.07) is 5.63. The zero-order chi connectivity index (χ0) is 18.2. The van der Waals surface area contributed by atoms with E-state index in [1.165, 1.54) is 0 Å². The predicted octanol–water partition coefficient (Wildman–Crippen LogP) is 2.80. The Morgan fingerprint density at radius 1 is 1.21 bits per heavy atom. The van der Waals surface area contributed by atoms with Crippen LogP contribution in [0.2, 0.25) is 0 Å². The number of guanidine groups is 1. The van der Waals surface area contributed by atoms with E-state index in [2.05, 4.69) is 43.2 Å². The molecule has 6 nitrogen and oxygen atoms in total. The molecule has 3 N–H and O–H groups in total. The fraction of sp³-hybridized carbons (Fsp3) is 0.611. The van der Waals surface area contributed by atoms with Gasteiger partial charge >= 0.3 is 0 Å². The van der Waals surface area contributed by atoms with E-state index < -0.39 is 0 Å². The zero-order valence-electron chi connectivity index (χ0n) is 15.8. The lowest BCUT2D eigenvalue weighted by atomic mass is 9.93. The van der Waals surface area contributed by atoms with Gasteiger partial charge in [-0.2, -0.15) is 0 Å². The van der Waals surface area contributed by atoms with Gasteiger partial charge in [-0.1, -0.05) is 13.8 Å². The van der Waals surface area contributed by atoms with Crippen molar-refractivity contribution in [3.63, 3.8) is 0 Å². The van der Waals surface area contributed by atoms with E-state index in [-0.39, 0.29) is 5.41 Å². The van der Waals surface area contributed by atoms with Crippen LogP contribution in [-0.4, -0.2) is 51.3 Å². The van der Waals surface area contributed by atoms with Crippen LogP contribution in [0.3, 0.4) is 0 Å². The van der Waals surface area contributed by atoms with Gasteiger partial charge in [0.2, 0.25) is 0 Å². The fourth-order valence-corrected chi connectivity index (χ4v) is 2.53. The number of aliphatic imine (C=N–C) groups is 1. The quantitative estimate of drug-likeness (QED) is 0.536. The number of hydrogen-bond donors (Lipinski definition) is 2. The van der Waals surface area contributed by atoms with Crippen LogP contribution in [0.4, 0.5) is 5.69 Å². The fourth-order valence-electron chi connectivity index (χ4n) is 2.53. The predicted molar refractivity (Wildman–Crippen MR) is 101 cm³/mol. The summed E-state index contributed by atoms with van der Waals surface area (Å²) >= 11 is 0. The smallest absolute Gasteiger partial charge is 0.193 e. The Hall–Kier alpha value is -1.95. The van der Waals surface area contributed by atoms with E-state index >= 15 is 0 Å². The standard InChI is InChI=1S/C18H32N4O2/c1-7-23-14-9-10-16(24-8-2)15(11-14)21-17(19)20-12-18(3,4)13-22(5)6/h9-11H,7-8,12-13H2,1-6H3,(H3,19,20,21). The molecule has 0 radical (unpaired) electrons. The van der Waals surface area contributed by atoms with Crippen molar-refractivity contribution in [2.45, 2.75) is 27.7 Å². The van der Waals surface area contributed by atoms with Crippen molar-refractivity contribution in [3.8, 4) is 11.5 Å². The van der Waals surface area contributed by atoms with Crippen LogP contribution >= 0.6 is 0 Å². The van der Waals surface area contributed by atoms with Gasteiger partial charge in [0.15, 0.2) is 5.96 Å². The molecule has 1 rings (SSSR count). The number of hydrogen-bond acceptors (Lipinski definition) is 4. The lowest BCUT2D eigenvalue weighted by Gasteiger charge is -2.26. The minimum atomic E-state index is 0.0473. The van der Waals surface area contributed by atoms with Crippen LogP contribution in [0.1, 0.15) is 27.7 Å². The van der Waals surface area contributed by atoms with Gasteiger partial charge in [0.25, 0.3) is 0 Å². The first-order valence-corrected chi connectivity index (χ1v) is 8.38. The zero-order valence-corrected chi connectivity index (χ0v) is 15.8. The van der Waals surface area contributed by atoms with Crippen molar-refractivity contribution in [3.05, 3.63) is 18.2 Å². The molecular formula is C18H32N4O2. The number of anilines is 1. The summed E-state index contributed by atoms with van der Waals surface area (Å²) in [5.41, 5.74) is 6.87. The molecule has 0 fully saturated rings. The summed E-state index contributed by atoms with van der Waals surface area (Å²) in [4.78, 5) is 6.63. The highest BCUT2D eigenvalue weighted by Gasteiger charge is 2.18. The van der Waals surface area contributed by atoms with Gasteiger partial charge in [-0.05, 0) is 45.5 Å². The lowest BCUT2D eigenvalue weighted by molar-refractivity contribution is 0.249. The third kappa shape index (κ3) is 7.08. The largest absolute Gasteiger partial charge is 0.494 e. The molecule has 0 aliphatic heterocycles. The monoisotopic (exact) mass is 336 g/mol. The second kappa shape index (κ2) is 9.37. The van der Waals surface area contributed by atoms with Crippen molar-refractivity contribution in [2.75, 3.05) is 45.7 Å². The second-order valence-electron chi connectivity index (χ2n) is 6.75. The molecule has 0 heterocycles. The Bertz CT molecular complexity index is 542. The van der Waals surface area contributed by atoms with Crippen LogP contribution in [0.25, 0.3) is 0 Å². The summed E-state index contributed by atoms with van der Waals surface area (Å²) in [6.07, 6.45) is 0. The molecule has 0 amide bonds. The number of ether oxygens (including phenoxy) is 2. The van der Waals surface area contributed by atoms with Crippen molar-refractivity contribution >= 4 is 11.6 Å². The Labute approximate surface area is 146 Å². The minimum Gasteiger partial charge on any atom is -0.494 e. The maximum atomic E-state index is 6.06. The number of nitrogens with two attached hydrogens (primary N) is 1. The molecule has 0 saturated carbocycles. The summed E-state index contributed by atoms with van der Waals surface area (Å²) < 4.78 is 11.2. The molecule has 0 unspecified atom stereocenters. The number of nitrogens with zero attached hydrogens (tertiary/aromatic N) is 2. The van der Waals surface area contributed by atoms with Crippen LogP contribution < -0.4 is 20.5 Å². The summed E-state index contributed by atoms with van der Waals surface area (Å²) in [5.74, 6) is 1.87. The average Bonchev–Trinajstić information content (AvgIpc) is 2.47. The minimum absolute atomic E-state index is 0.0473. The van der Waals surface area contributed by atoms with Gasteiger partial charge in [0.1, 0.15) is 11.5 Å². The van der Waals surface area contributed by atoms with Gasteiger partial charge < -0.3 is 25.4 Å². The molecule has 0 spiro atoms. The van der Waals surface area contributed by atoms with Crippen molar-refractivity contribution in [2.24, 2.45) is 16.1 Å². The van der Waals surface area contributed by atoms with E-state index in [1.807, 2.05) is 32.0 Å². The first-order valence-electron chi connectivity index (χ1n) is 8.38. The summed E-state index contributed by atoms with van der Waals surface area (Å²) in [7, 11) is 4.11. The van der Waals surface area contributed by atoms with Gasteiger partial charge in [-0.25, -0.2) is 0 Å². The highest BCUT2D eigenvalue weighted by Crippen LogP contribution is 2.29. The molecule has 24 heavy (non-hydrogen) atoms. The molecule has 136 valence electrons. The molecule has 0 aliphatic carbocycles. The molecular weight excluding hydrogens is 304 g/mol. The maximum Gasteiger partial charge on any atom is 0.193 e. The Morgan fingerprint density at radius 3 is 2.46 bits per heavy atom. The first-order chi connectivity index (χ1) is 11.3. The molecule has 0 saturated heterocycles. The molecule has 0 bridgehead atoms. The molecule has 0 aliphatic rings.